The molecule has 16 heavy (non-hydrogen) atoms. The van der Waals surface area contributed by atoms with Crippen LogP contribution in [0.3, 0.4) is 0 Å². The van der Waals surface area contributed by atoms with Crippen LogP contribution in [0.1, 0.15) is 13.3 Å². The van der Waals surface area contributed by atoms with Crippen molar-refractivity contribution in [2.24, 2.45) is 5.92 Å². The van der Waals surface area contributed by atoms with Crippen LogP contribution in [0.15, 0.2) is 11.6 Å². The number of nitrogens with one attached hydrogen (secondary N) is 1. The van der Waals surface area contributed by atoms with Crippen molar-refractivity contribution >= 4 is 5.97 Å². The number of likely N-dealkylation sites (tertiary alicyclic amines) is 1. The van der Waals surface area contributed by atoms with Crippen LogP contribution in [0.25, 0.3) is 0 Å². The van der Waals surface area contributed by atoms with E-state index in [1.54, 1.807) is 6.92 Å². The lowest BCUT2D eigenvalue weighted by Crippen LogP contribution is -2.25. The third-order valence-corrected chi connectivity index (χ3v) is 2.98. The minimum Gasteiger partial charge on any atom is -0.466 e. The third-order valence-electron chi connectivity index (χ3n) is 2.98. The molecule has 1 unspecified atom stereocenters. The molecular formula is C12H22N2O2. The van der Waals surface area contributed by atoms with Crippen molar-refractivity contribution in [2.45, 2.75) is 13.3 Å². The molecule has 1 aliphatic heterocycles. The molecule has 0 aliphatic carbocycles. The Morgan fingerprint density at radius 3 is 2.94 bits per heavy atom. The number of methoxy groups -OCH3 is 1. The SMILES string of the molecule is COC(=O)C(C)=CCNCC1CCN(C)C1. The van der Waals surface area contributed by atoms with Crippen molar-refractivity contribution < 1.29 is 9.53 Å². The predicted molar refractivity (Wildman–Crippen MR) is 64.2 cm³/mol. The minimum absolute atomic E-state index is 0.248. The Labute approximate surface area is 97.6 Å². The summed E-state index contributed by atoms with van der Waals surface area (Å²) in [5, 5.41) is 3.35. The summed E-state index contributed by atoms with van der Waals surface area (Å²) in [7, 11) is 3.56. The van der Waals surface area contributed by atoms with Crippen molar-refractivity contribution in [1.82, 2.24) is 10.2 Å². The van der Waals surface area contributed by atoms with E-state index in [1.807, 2.05) is 6.08 Å². The predicted octanol–water partition coefficient (Wildman–Crippen LogP) is 0.647. The molecule has 1 heterocycles. The summed E-state index contributed by atoms with van der Waals surface area (Å²) in [6.07, 6.45) is 3.15. The standard InChI is InChI=1S/C12H22N2O2/c1-10(12(15)16-3)4-6-13-8-11-5-7-14(2)9-11/h4,11,13H,5-9H2,1-3H3. The van der Waals surface area contributed by atoms with Gasteiger partial charge in [0.05, 0.1) is 7.11 Å². The summed E-state index contributed by atoms with van der Waals surface area (Å²) in [6.45, 7) is 5.91. The average Bonchev–Trinajstić information content (AvgIpc) is 2.69. The van der Waals surface area contributed by atoms with Crippen molar-refractivity contribution in [3.63, 3.8) is 0 Å². The molecule has 1 rings (SSSR count). The Morgan fingerprint density at radius 2 is 2.38 bits per heavy atom. The van der Waals surface area contributed by atoms with E-state index in [-0.39, 0.29) is 5.97 Å². The zero-order chi connectivity index (χ0) is 12.0. The Balaban J connectivity index is 2.14. The van der Waals surface area contributed by atoms with Gasteiger partial charge in [0.2, 0.25) is 0 Å². The van der Waals surface area contributed by atoms with Gasteiger partial charge in [0.1, 0.15) is 0 Å². The highest BCUT2D eigenvalue weighted by Crippen LogP contribution is 2.12. The Bertz CT molecular complexity index is 264. The summed E-state index contributed by atoms with van der Waals surface area (Å²) in [5.74, 6) is 0.499. The van der Waals surface area contributed by atoms with Crippen molar-refractivity contribution in [2.75, 3.05) is 40.3 Å². The number of esters is 1. The van der Waals surface area contributed by atoms with Crippen LogP contribution in [-0.2, 0) is 9.53 Å². The van der Waals surface area contributed by atoms with E-state index in [0.717, 1.165) is 19.0 Å². The number of carbonyl (C=O) groups excluding carboxylic acids is 1. The van der Waals surface area contributed by atoms with Gasteiger partial charge in [-0.3, -0.25) is 0 Å². The van der Waals surface area contributed by atoms with E-state index in [2.05, 4.69) is 22.0 Å². The first-order valence-corrected chi connectivity index (χ1v) is 5.77. The highest BCUT2D eigenvalue weighted by atomic mass is 16.5. The first-order chi connectivity index (χ1) is 7.63. The Kier molecular flexibility index (Phi) is 5.49. The normalized spacial score (nSPS) is 22.4. The van der Waals surface area contributed by atoms with Crippen LogP contribution in [-0.4, -0.2) is 51.2 Å². The molecule has 4 heteroatoms. The lowest BCUT2D eigenvalue weighted by Gasteiger charge is -2.10. The lowest BCUT2D eigenvalue weighted by atomic mass is 10.1. The number of hydrogen-bond donors (Lipinski definition) is 1. The second-order valence-electron chi connectivity index (χ2n) is 4.45. The van der Waals surface area contributed by atoms with Crippen molar-refractivity contribution in [1.29, 1.82) is 0 Å². The molecule has 1 N–H and O–H groups in total. The summed E-state index contributed by atoms with van der Waals surface area (Å²) < 4.78 is 4.61. The van der Waals surface area contributed by atoms with E-state index in [1.165, 1.54) is 26.6 Å². The van der Waals surface area contributed by atoms with E-state index in [4.69, 9.17) is 0 Å². The molecule has 1 fully saturated rings. The van der Waals surface area contributed by atoms with Crippen LogP contribution >= 0.6 is 0 Å². The van der Waals surface area contributed by atoms with Gasteiger partial charge >= 0.3 is 5.97 Å². The molecule has 0 saturated carbocycles. The molecule has 0 amide bonds. The van der Waals surface area contributed by atoms with Crippen LogP contribution < -0.4 is 5.32 Å². The maximum Gasteiger partial charge on any atom is 0.333 e. The Hall–Kier alpha value is -0.870. The molecule has 0 aromatic heterocycles. The average molecular weight is 226 g/mol. The van der Waals surface area contributed by atoms with E-state index in [0.29, 0.717) is 5.57 Å². The summed E-state index contributed by atoms with van der Waals surface area (Å²) in [4.78, 5) is 13.4. The quantitative estimate of drug-likeness (QED) is 0.424. The second-order valence-corrected chi connectivity index (χ2v) is 4.45. The van der Waals surface area contributed by atoms with Gasteiger partial charge in [-0.15, -0.1) is 0 Å². The van der Waals surface area contributed by atoms with Gasteiger partial charge in [-0.1, -0.05) is 6.08 Å². The first-order valence-electron chi connectivity index (χ1n) is 5.77. The molecule has 1 aliphatic rings. The maximum absolute atomic E-state index is 11.1. The fourth-order valence-electron chi connectivity index (χ4n) is 1.95. The topological polar surface area (TPSA) is 41.6 Å². The number of carbonyl (C=O) groups is 1. The highest BCUT2D eigenvalue weighted by molar-refractivity contribution is 5.87. The third kappa shape index (κ3) is 4.33. The number of nitrogens with zero attached hydrogens (tertiary/aromatic N) is 1. The largest absolute Gasteiger partial charge is 0.466 e. The molecule has 4 nitrogen and oxygen atoms in total. The van der Waals surface area contributed by atoms with Crippen LogP contribution in [0.5, 0.6) is 0 Å². The van der Waals surface area contributed by atoms with Crippen LogP contribution in [0, 0.1) is 5.92 Å². The molecule has 0 spiro atoms. The van der Waals surface area contributed by atoms with Gasteiger partial charge in [-0.05, 0) is 39.4 Å². The zero-order valence-electron chi connectivity index (χ0n) is 10.5. The molecule has 92 valence electrons. The molecule has 0 aromatic rings. The second kappa shape index (κ2) is 6.66. The van der Waals surface area contributed by atoms with E-state index in [9.17, 15) is 4.79 Å². The van der Waals surface area contributed by atoms with Gasteiger partial charge < -0.3 is 15.0 Å². The molecule has 1 saturated heterocycles. The lowest BCUT2D eigenvalue weighted by molar-refractivity contribution is -0.136. The monoisotopic (exact) mass is 226 g/mol. The molecule has 0 aromatic carbocycles. The summed E-state index contributed by atoms with van der Waals surface area (Å²) >= 11 is 0. The van der Waals surface area contributed by atoms with Crippen LogP contribution in [0.4, 0.5) is 0 Å². The first kappa shape index (κ1) is 13.2. The Morgan fingerprint density at radius 1 is 1.62 bits per heavy atom. The highest BCUT2D eigenvalue weighted by Gasteiger charge is 2.18. The fourth-order valence-corrected chi connectivity index (χ4v) is 1.95. The number of rotatable bonds is 5. The van der Waals surface area contributed by atoms with Crippen molar-refractivity contribution in [3.8, 4) is 0 Å². The maximum atomic E-state index is 11.1. The van der Waals surface area contributed by atoms with Gasteiger partial charge in [0, 0.05) is 18.7 Å². The molecule has 0 radical (unpaired) electrons. The number of ether oxygens (including phenoxy) is 1. The zero-order valence-corrected chi connectivity index (χ0v) is 10.5. The van der Waals surface area contributed by atoms with Gasteiger partial charge in [-0.2, -0.15) is 0 Å². The summed E-state index contributed by atoms with van der Waals surface area (Å²) in [6, 6.07) is 0. The smallest absolute Gasteiger partial charge is 0.333 e. The van der Waals surface area contributed by atoms with E-state index < -0.39 is 0 Å². The molecular weight excluding hydrogens is 204 g/mol. The fraction of sp³-hybridized carbons (Fsp3) is 0.750. The van der Waals surface area contributed by atoms with Gasteiger partial charge in [-0.25, -0.2) is 4.79 Å². The summed E-state index contributed by atoms with van der Waals surface area (Å²) in [5.41, 5.74) is 0.665. The number of hydrogen-bond acceptors (Lipinski definition) is 4. The van der Waals surface area contributed by atoms with Gasteiger partial charge in [0.25, 0.3) is 0 Å². The van der Waals surface area contributed by atoms with Crippen LogP contribution in [0.2, 0.25) is 0 Å². The van der Waals surface area contributed by atoms with E-state index >= 15 is 0 Å². The molecule has 0 bridgehead atoms. The molecule has 1 atom stereocenters. The van der Waals surface area contributed by atoms with Gasteiger partial charge in [0.15, 0.2) is 0 Å². The van der Waals surface area contributed by atoms with Crippen molar-refractivity contribution in [3.05, 3.63) is 11.6 Å². The minimum atomic E-state index is -0.248.